The summed E-state index contributed by atoms with van der Waals surface area (Å²) in [5.74, 6) is -0.264. The summed E-state index contributed by atoms with van der Waals surface area (Å²) < 4.78 is 16.3. The number of aliphatic hydroxyl groups is 1. The van der Waals surface area contributed by atoms with Crippen molar-refractivity contribution < 1.29 is 28.6 Å². The fraction of sp³-hybridized carbons (Fsp3) is 0.200. The maximum atomic E-state index is 13.2. The van der Waals surface area contributed by atoms with Crippen molar-refractivity contribution >= 4 is 17.4 Å². The third-order valence-electron chi connectivity index (χ3n) is 5.50. The number of aryl methyl sites for hydroxylation is 1. The number of benzene rings is 2. The summed E-state index contributed by atoms with van der Waals surface area (Å²) in [7, 11) is 3.03. The van der Waals surface area contributed by atoms with E-state index in [0.717, 1.165) is 5.56 Å². The van der Waals surface area contributed by atoms with E-state index >= 15 is 0 Å². The number of hydrogen-bond acceptors (Lipinski definition) is 6. The molecule has 0 saturated carbocycles. The minimum atomic E-state index is -0.897. The van der Waals surface area contributed by atoms with Gasteiger partial charge >= 0.3 is 0 Å². The maximum absolute atomic E-state index is 13.2. The second-order valence-electron chi connectivity index (χ2n) is 7.48. The summed E-state index contributed by atoms with van der Waals surface area (Å²) in [4.78, 5) is 27.6. The Bertz CT molecular complexity index is 1180. The number of rotatable bonds is 6. The van der Waals surface area contributed by atoms with Crippen molar-refractivity contribution in [2.45, 2.75) is 19.5 Å². The SMILES string of the molecule is COc1ccc(OC)c([C@H]2/C(=C(\O)c3ccc(C)cc3)C(=O)C(=O)N2Cc2ccco2)c1. The molecule has 1 fully saturated rings. The molecule has 0 aliphatic carbocycles. The Balaban J connectivity index is 1.93. The number of ether oxygens (including phenoxy) is 2. The molecule has 1 atom stereocenters. The van der Waals surface area contributed by atoms with Gasteiger partial charge in [0.25, 0.3) is 11.7 Å². The molecule has 1 saturated heterocycles. The van der Waals surface area contributed by atoms with Gasteiger partial charge in [0.05, 0.1) is 38.6 Å². The number of ketones is 1. The third-order valence-corrected chi connectivity index (χ3v) is 5.50. The zero-order valence-corrected chi connectivity index (χ0v) is 18.0. The first-order valence-electron chi connectivity index (χ1n) is 10.0. The molecule has 3 aromatic rings. The van der Waals surface area contributed by atoms with E-state index in [2.05, 4.69) is 0 Å². The number of carbonyl (C=O) groups is 2. The van der Waals surface area contributed by atoms with Crippen LogP contribution < -0.4 is 9.47 Å². The summed E-state index contributed by atoms with van der Waals surface area (Å²) in [5, 5.41) is 11.1. The molecule has 1 amide bonds. The fourth-order valence-corrected chi connectivity index (χ4v) is 3.86. The molecule has 0 radical (unpaired) electrons. The zero-order valence-electron chi connectivity index (χ0n) is 18.0. The Morgan fingerprint density at radius 2 is 1.81 bits per heavy atom. The Labute approximate surface area is 185 Å². The molecule has 2 aromatic carbocycles. The smallest absolute Gasteiger partial charge is 0.296 e. The number of nitrogens with zero attached hydrogens (tertiary/aromatic N) is 1. The van der Waals surface area contributed by atoms with E-state index in [1.165, 1.54) is 25.4 Å². The van der Waals surface area contributed by atoms with E-state index in [0.29, 0.717) is 28.4 Å². The summed E-state index contributed by atoms with van der Waals surface area (Å²) in [6.07, 6.45) is 1.50. The topological polar surface area (TPSA) is 89.2 Å². The van der Waals surface area contributed by atoms with Gasteiger partial charge in [0.15, 0.2) is 0 Å². The average molecular weight is 433 g/mol. The van der Waals surface area contributed by atoms with E-state index in [9.17, 15) is 14.7 Å². The molecular formula is C25H23NO6. The number of furan rings is 1. The van der Waals surface area contributed by atoms with E-state index in [4.69, 9.17) is 13.9 Å². The van der Waals surface area contributed by atoms with Gasteiger partial charge in [-0.15, -0.1) is 0 Å². The fourth-order valence-electron chi connectivity index (χ4n) is 3.86. The second-order valence-corrected chi connectivity index (χ2v) is 7.48. The van der Waals surface area contributed by atoms with Crippen molar-refractivity contribution in [3.63, 3.8) is 0 Å². The van der Waals surface area contributed by atoms with Gasteiger partial charge in [0.1, 0.15) is 23.0 Å². The minimum Gasteiger partial charge on any atom is -0.507 e. The Morgan fingerprint density at radius 1 is 1.06 bits per heavy atom. The first-order chi connectivity index (χ1) is 15.4. The lowest BCUT2D eigenvalue weighted by Crippen LogP contribution is -2.29. The van der Waals surface area contributed by atoms with Crippen molar-refractivity contribution in [2.24, 2.45) is 0 Å². The predicted molar refractivity (Wildman–Crippen MR) is 117 cm³/mol. The number of Topliss-reactive ketones (excluding diaryl/α,β-unsaturated/α-hetero) is 1. The zero-order chi connectivity index (χ0) is 22.8. The highest BCUT2D eigenvalue weighted by Gasteiger charge is 2.47. The third kappa shape index (κ3) is 3.73. The summed E-state index contributed by atoms with van der Waals surface area (Å²) in [5.41, 5.74) is 1.95. The van der Waals surface area contributed by atoms with Gasteiger partial charge in [-0.3, -0.25) is 9.59 Å². The first-order valence-corrected chi connectivity index (χ1v) is 10.0. The van der Waals surface area contributed by atoms with Crippen LogP contribution in [-0.4, -0.2) is 35.9 Å². The van der Waals surface area contributed by atoms with Crippen LogP contribution in [-0.2, 0) is 16.1 Å². The summed E-state index contributed by atoms with van der Waals surface area (Å²) >= 11 is 0. The molecule has 1 N–H and O–H groups in total. The molecular weight excluding hydrogens is 410 g/mol. The van der Waals surface area contributed by atoms with Crippen LogP contribution in [0.5, 0.6) is 11.5 Å². The molecule has 4 rings (SSSR count). The van der Waals surface area contributed by atoms with Gasteiger partial charge in [-0.05, 0) is 37.3 Å². The molecule has 0 bridgehead atoms. The molecule has 2 heterocycles. The van der Waals surface area contributed by atoms with Crippen molar-refractivity contribution in [3.05, 3.63) is 88.9 Å². The van der Waals surface area contributed by atoms with Crippen LogP contribution >= 0.6 is 0 Å². The molecule has 1 aliphatic heterocycles. The highest BCUT2D eigenvalue weighted by Crippen LogP contribution is 2.44. The van der Waals surface area contributed by atoms with Crippen LogP contribution in [0.25, 0.3) is 5.76 Å². The maximum Gasteiger partial charge on any atom is 0.296 e. The molecule has 1 aromatic heterocycles. The minimum absolute atomic E-state index is 0.0167. The van der Waals surface area contributed by atoms with Gasteiger partial charge < -0.3 is 23.9 Å². The highest BCUT2D eigenvalue weighted by atomic mass is 16.5. The lowest BCUT2D eigenvalue weighted by Gasteiger charge is -2.26. The normalized spacial score (nSPS) is 17.6. The first kappa shape index (κ1) is 21.2. The molecule has 7 heteroatoms. The largest absolute Gasteiger partial charge is 0.507 e. The van der Waals surface area contributed by atoms with Gasteiger partial charge in [-0.2, -0.15) is 0 Å². The van der Waals surface area contributed by atoms with Crippen LogP contribution in [0, 0.1) is 6.92 Å². The molecule has 1 aliphatic rings. The van der Waals surface area contributed by atoms with Crippen LogP contribution in [0.15, 0.2) is 70.9 Å². The summed E-state index contributed by atoms with van der Waals surface area (Å²) in [6, 6.07) is 14.7. The number of amides is 1. The van der Waals surface area contributed by atoms with Gasteiger partial charge in [0.2, 0.25) is 0 Å². The van der Waals surface area contributed by atoms with E-state index in [-0.39, 0.29) is 17.9 Å². The van der Waals surface area contributed by atoms with Crippen molar-refractivity contribution in [2.75, 3.05) is 14.2 Å². The van der Waals surface area contributed by atoms with Crippen LogP contribution in [0.3, 0.4) is 0 Å². The van der Waals surface area contributed by atoms with E-state index in [1.807, 2.05) is 19.1 Å². The second kappa shape index (κ2) is 8.63. The number of aliphatic hydroxyl groups excluding tert-OH is 1. The van der Waals surface area contributed by atoms with E-state index in [1.54, 1.807) is 42.5 Å². The van der Waals surface area contributed by atoms with Crippen LogP contribution in [0.1, 0.15) is 28.5 Å². The number of hydrogen-bond donors (Lipinski definition) is 1. The van der Waals surface area contributed by atoms with Gasteiger partial charge in [-0.25, -0.2) is 0 Å². The van der Waals surface area contributed by atoms with E-state index < -0.39 is 17.7 Å². The molecule has 0 spiro atoms. The molecule has 7 nitrogen and oxygen atoms in total. The van der Waals surface area contributed by atoms with Crippen molar-refractivity contribution in [1.29, 1.82) is 0 Å². The Kier molecular flexibility index (Phi) is 5.73. The standard InChI is InChI=1S/C25H23NO6/c1-15-6-8-16(9-7-15)23(27)21-22(19-13-17(30-2)10-11-20(19)31-3)26(25(29)24(21)28)14-18-5-4-12-32-18/h4-13,22,27H,14H2,1-3H3/b23-21+/t22-/m0/s1. The lowest BCUT2D eigenvalue weighted by atomic mass is 9.94. The number of likely N-dealkylation sites (tertiary alicyclic amines) is 1. The van der Waals surface area contributed by atoms with Crippen molar-refractivity contribution in [1.82, 2.24) is 4.90 Å². The monoisotopic (exact) mass is 433 g/mol. The molecule has 164 valence electrons. The Hall–Kier alpha value is -4.00. The van der Waals surface area contributed by atoms with Crippen LogP contribution in [0.4, 0.5) is 0 Å². The lowest BCUT2D eigenvalue weighted by molar-refractivity contribution is -0.140. The van der Waals surface area contributed by atoms with Gasteiger partial charge in [-0.1, -0.05) is 29.8 Å². The average Bonchev–Trinajstić information content (AvgIpc) is 3.41. The van der Waals surface area contributed by atoms with Crippen molar-refractivity contribution in [3.8, 4) is 11.5 Å². The van der Waals surface area contributed by atoms with Crippen LogP contribution in [0.2, 0.25) is 0 Å². The molecule has 0 unspecified atom stereocenters. The predicted octanol–water partition coefficient (Wildman–Crippen LogP) is 4.23. The highest BCUT2D eigenvalue weighted by molar-refractivity contribution is 6.46. The number of carbonyl (C=O) groups excluding carboxylic acids is 2. The number of methoxy groups -OCH3 is 2. The summed E-state index contributed by atoms with van der Waals surface area (Å²) in [6.45, 7) is 1.97. The quantitative estimate of drug-likeness (QED) is 0.356. The molecule has 32 heavy (non-hydrogen) atoms. The van der Waals surface area contributed by atoms with Gasteiger partial charge in [0, 0.05) is 11.1 Å². The Morgan fingerprint density at radius 3 is 2.44 bits per heavy atom.